The third-order valence-electron chi connectivity index (χ3n) is 18.7. The van der Waals surface area contributed by atoms with E-state index in [1.165, 1.54) is 100 Å². The fraction of sp³-hybridized carbons (Fsp3) is 0.300. The zero-order chi connectivity index (χ0) is 61.1. The summed E-state index contributed by atoms with van der Waals surface area (Å²) >= 11 is 0. The van der Waals surface area contributed by atoms with Crippen LogP contribution in [-0.2, 0) is 27.1 Å². The standard InChI is InChI=1S/C80H85BN4O/c1-48-39-54(78(11,12)13)40-49(2)72(48)84-67-47-60(82(58-32-29-52(30-33-58)76(5,6)7)59-34-36-62-61-27-23-24-28-65(61)83(66(62)46-59)57-25-21-20-22-26-57)35-37-64(67)81-71-68(84)44-56(80(17,18)19)45-69(71)85(73-50(3)41-55(42-51(73)4)79(14,15)16)74-63-43-53(77(8,9)10)31-38-70(63)86-75(74)81/h20-47H,1-19H3. The number of hydrogen-bond acceptors (Lipinski definition) is 4. The van der Waals surface area contributed by atoms with E-state index in [9.17, 15) is 0 Å². The van der Waals surface area contributed by atoms with Crippen molar-refractivity contribution in [1.29, 1.82) is 0 Å². The van der Waals surface area contributed by atoms with Gasteiger partial charge in [-0.3, -0.25) is 0 Å². The first-order chi connectivity index (χ1) is 40.5. The molecule has 9 aromatic carbocycles. The SMILES string of the molecule is Cc1cc(C(C)(C)C)cc(C)c1N1c2cc(N(c3ccc(C(C)(C)C)cc3)c3ccc4c5ccccc5n(-c5ccccc5)c4c3)ccc2B2c3oc4ccc(C(C)(C)C)cc4c3N(c3c(C)cc(C(C)(C)C)cc3C)c3cc(C(C)(C)C)cc1c32. The number of furan rings is 1. The Morgan fingerprint density at radius 2 is 0.837 bits per heavy atom. The summed E-state index contributed by atoms with van der Waals surface area (Å²) in [7, 11) is 0. The minimum absolute atomic E-state index is 0.0196. The van der Waals surface area contributed by atoms with Gasteiger partial charge in [0, 0.05) is 56.0 Å². The van der Waals surface area contributed by atoms with Gasteiger partial charge >= 0.3 is 0 Å². The Morgan fingerprint density at radius 3 is 1.42 bits per heavy atom. The number of anilines is 9. The highest BCUT2D eigenvalue weighted by molar-refractivity contribution is 7.00. The van der Waals surface area contributed by atoms with Crippen molar-refractivity contribution in [1.82, 2.24) is 4.57 Å². The third-order valence-corrected chi connectivity index (χ3v) is 18.7. The lowest BCUT2D eigenvalue weighted by atomic mass is 9.35. The minimum atomic E-state index is -0.243. The van der Waals surface area contributed by atoms with E-state index in [0.29, 0.717) is 0 Å². The summed E-state index contributed by atoms with van der Waals surface area (Å²) in [5, 5.41) is 3.59. The molecule has 2 aromatic heterocycles. The number of rotatable bonds is 6. The molecule has 0 N–H and O–H groups in total. The van der Waals surface area contributed by atoms with Gasteiger partial charge < -0.3 is 23.7 Å². The predicted molar refractivity (Wildman–Crippen MR) is 372 cm³/mol. The molecule has 0 unspecified atom stereocenters. The molecule has 0 spiro atoms. The van der Waals surface area contributed by atoms with Crippen LogP contribution in [0.1, 0.15) is 154 Å². The molecule has 2 aliphatic rings. The third kappa shape index (κ3) is 9.27. The van der Waals surface area contributed by atoms with E-state index >= 15 is 0 Å². The van der Waals surface area contributed by atoms with Crippen LogP contribution >= 0.6 is 0 Å². The maximum atomic E-state index is 7.61. The topological polar surface area (TPSA) is 27.8 Å². The zero-order valence-corrected chi connectivity index (χ0v) is 54.4. The lowest BCUT2D eigenvalue weighted by Gasteiger charge is -2.45. The molecule has 13 rings (SSSR count). The van der Waals surface area contributed by atoms with Crippen LogP contribution in [0.25, 0.3) is 38.5 Å². The van der Waals surface area contributed by atoms with Crippen LogP contribution in [0.5, 0.6) is 0 Å². The van der Waals surface area contributed by atoms with Crippen LogP contribution in [-0.4, -0.2) is 11.3 Å². The zero-order valence-electron chi connectivity index (χ0n) is 54.4. The Hall–Kier alpha value is -8.22. The van der Waals surface area contributed by atoms with E-state index < -0.39 is 0 Å². The predicted octanol–water partition coefficient (Wildman–Crippen LogP) is 20.8. The van der Waals surface area contributed by atoms with E-state index in [-0.39, 0.29) is 33.8 Å². The first kappa shape index (κ1) is 56.9. The molecular formula is C80H85BN4O. The summed E-state index contributed by atoms with van der Waals surface area (Å²) in [5.74, 6) is 0. The molecule has 0 fully saturated rings. The molecule has 0 amide bonds. The Balaban J connectivity index is 1.15. The number of aryl methyl sites for hydroxylation is 4. The van der Waals surface area contributed by atoms with Crippen LogP contribution < -0.4 is 31.3 Å². The van der Waals surface area contributed by atoms with Crippen LogP contribution in [0.15, 0.2) is 174 Å². The van der Waals surface area contributed by atoms with Gasteiger partial charge in [0.05, 0.1) is 33.8 Å². The quantitative estimate of drug-likeness (QED) is 0.155. The van der Waals surface area contributed by atoms with Gasteiger partial charge in [0.25, 0.3) is 6.71 Å². The molecular weight excluding hydrogens is 1040 g/mol. The second kappa shape index (κ2) is 19.7. The molecule has 434 valence electrons. The van der Waals surface area contributed by atoms with Crippen molar-refractivity contribution < 1.29 is 4.42 Å². The molecule has 4 heterocycles. The van der Waals surface area contributed by atoms with Gasteiger partial charge in [0.1, 0.15) is 5.58 Å². The van der Waals surface area contributed by atoms with Crippen molar-refractivity contribution in [3.05, 3.63) is 220 Å². The summed E-state index contributed by atoms with van der Waals surface area (Å²) in [6.45, 7) is 44.0. The van der Waals surface area contributed by atoms with Crippen molar-refractivity contribution in [2.45, 2.75) is 159 Å². The van der Waals surface area contributed by atoms with E-state index in [1.807, 2.05) is 0 Å². The Morgan fingerprint density at radius 1 is 0.360 bits per heavy atom. The van der Waals surface area contributed by atoms with E-state index in [2.05, 4.69) is 321 Å². The maximum Gasteiger partial charge on any atom is 0.297 e. The second-order valence-electron chi connectivity index (χ2n) is 30.2. The Labute approximate surface area is 512 Å². The molecule has 86 heavy (non-hydrogen) atoms. The highest BCUT2D eigenvalue weighted by atomic mass is 16.3. The van der Waals surface area contributed by atoms with Gasteiger partial charge in [-0.15, -0.1) is 0 Å². The average molecular weight is 1130 g/mol. The molecule has 6 heteroatoms. The molecule has 0 bridgehead atoms. The van der Waals surface area contributed by atoms with Gasteiger partial charge in [0.2, 0.25) is 0 Å². The molecule has 2 aliphatic heterocycles. The van der Waals surface area contributed by atoms with Gasteiger partial charge in [-0.05, 0) is 195 Å². The molecule has 0 radical (unpaired) electrons. The molecule has 11 aromatic rings. The lowest BCUT2D eigenvalue weighted by molar-refractivity contribution is 0.589. The number of aromatic nitrogens is 1. The number of fused-ring (bicyclic) bond motifs is 9. The largest absolute Gasteiger partial charge is 0.468 e. The fourth-order valence-corrected chi connectivity index (χ4v) is 14.0. The second-order valence-corrected chi connectivity index (χ2v) is 30.2. The fourth-order valence-electron chi connectivity index (χ4n) is 14.0. The summed E-state index contributed by atoms with van der Waals surface area (Å²) in [6, 6.07) is 65.1. The molecule has 0 atom stereocenters. The first-order valence-electron chi connectivity index (χ1n) is 31.2. The minimum Gasteiger partial charge on any atom is -0.468 e. The Kier molecular flexibility index (Phi) is 13.0. The van der Waals surface area contributed by atoms with Crippen LogP contribution in [0.3, 0.4) is 0 Å². The molecule has 0 saturated carbocycles. The summed E-state index contributed by atoms with van der Waals surface area (Å²) in [6.07, 6.45) is 0. The Bertz CT molecular complexity index is 4490. The molecule has 0 aliphatic carbocycles. The number of nitrogens with zero attached hydrogens (tertiary/aromatic N) is 4. The van der Waals surface area contributed by atoms with E-state index in [1.54, 1.807) is 0 Å². The van der Waals surface area contributed by atoms with Crippen LogP contribution in [0, 0.1) is 27.7 Å². The van der Waals surface area contributed by atoms with Crippen molar-refractivity contribution in [2.24, 2.45) is 0 Å². The van der Waals surface area contributed by atoms with Crippen molar-refractivity contribution >= 4 is 107 Å². The van der Waals surface area contributed by atoms with Gasteiger partial charge in [0.15, 0.2) is 0 Å². The maximum absolute atomic E-state index is 7.61. The smallest absolute Gasteiger partial charge is 0.297 e. The van der Waals surface area contributed by atoms with Crippen molar-refractivity contribution in [3.8, 4) is 5.69 Å². The number of benzene rings is 9. The lowest BCUT2D eigenvalue weighted by Crippen LogP contribution is -2.61. The van der Waals surface area contributed by atoms with E-state index in [0.717, 1.165) is 56.3 Å². The molecule has 0 saturated heterocycles. The average Bonchev–Trinajstić information content (AvgIpc) is 1.25. The van der Waals surface area contributed by atoms with Gasteiger partial charge in [-0.1, -0.05) is 195 Å². The monoisotopic (exact) mass is 1130 g/mol. The van der Waals surface area contributed by atoms with Crippen LogP contribution in [0.2, 0.25) is 0 Å². The highest BCUT2D eigenvalue weighted by Gasteiger charge is 2.48. The van der Waals surface area contributed by atoms with Gasteiger partial charge in [-0.25, -0.2) is 0 Å². The number of para-hydroxylation sites is 2. The summed E-state index contributed by atoms with van der Waals surface area (Å²) in [5.41, 5.74) is 29.2. The summed E-state index contributed by atoms with van der Waals surface area (Å²) in [4.78, 5) is 7.77. The van der Waals surface area contributed by atoms with E-state index in [4.69, 9.17) is 4.42 Å². The normalized spacial score (nSPS) is 13.7. The van der Waals surface area contributed by atoms with Crippen LogP contribution in [0.4, 0.5) is 51.2 Å². The first-order valence-corrected chi connectivity index (χ1v) is 31.2. The van der Waals surface area contributed by atoms with Gasteiger partial charge in [-0.2, -0.15) is 0 Å². The molecule has 5 nitrogen and oxygen atoms in total. The van der Waals surface area contributed by atoms with Crippen molar-refractivity contribution in [2.75, 3.05) is 14.7 Å². The van der Waals surface area contributed by atoms with Crippen molar-refractivity contribution in [3.63, 3.8) is 0 Å². The highest BCUT2D eigenvalue weighted by Crippen LogP contribution is 2.53. The number of hydrogen-bond donors (Lipinski definition) is 0. The summed E-state index contributed by atoms with van der Waals surface area (Å²) < 4.78 is 10.0.